The predicted octanol–water partition coefficient (Wildman–Crippen LogP) is 2.98. The van der Waals surface area contributed by atoms with E-state index in [0.29, 0.717) is 5.92 Å². The molecule has 6 heteroatoms. The molecule has 2 rings (SSSR count). The number of rotatable bonds is 6. The van der Waals surface area contributed by atoms with Crippen molar-refractivity contribution < 1.29 is 9.53 Å². The molecule has 1 aromatic rings. The lowest BCUT2D eigenvalue weighted by Crippen LogP contribution is -2.42. The topological polar surface area (TPSA) is 50.4 Å². The van der Waals surface area contributed by atoms with Gasteiger partial charge >= 0.3 is 0 Å². The first kappa shape index (κ1) is 19.1. The fraction of sp³-hybridized carbons (Fsp3) is 0.562. The highest BCUT2D eigenvalue weighted by Gasteiger charge is 2.23. The number of hydrogen-bond donors (Lipinski definition) is 2. The molecule has 0 aliphatic carbocycles. The Hall–Kier alpha value is -0.910. The molecule has 1 aliphatic rings. The van der Waals surface area contributed by atoms with Gasteiger partial charge in [0.25, 0.3) is 0 Å². The zero-order valence-corrected chi connectivity index (χ0v) is 14.9. The van der Waals surface area contributed by atoms with E-state index >= 15 is 0 Å². The van der Waals surface area contributed by atoms with E-state index in [1.807, 2.05) is 31.2 Å². The van der Waals surface area contributed by atoms with Gasteiger partial charge < -0.3 is 10.1 Å². The maximum Gasteiger partial charge on any atom is 0.238 e. The fourth-order valence-corrected chi connectivity index (χ4v) is 3.02. The summed E-state index contributed by atoms with van der Waals surface area (Å²) in [7, 11) is 0. The molecule has 0 bridgehead atoms. The van der Waals surface area contributed by atoms with E-state index in [2.05, 4.69) is 24.5 Å². The summed E-state index contributed by atoms with van der Waals surface area (Å²) in [5.74, 6) is 3.17. The van der Waals surface area contributed by atoms with Gasteiger partial charge in [0.1, 0.15) is 5.75 Å². The molecule has 1 fully saturated rings. The Balaban J connectivity index is 0.00000242. The van der Waals surface area contributed by atoms with Crippen LogP contribution in [0, 0.1) is 5.92 Å². The second-order valence-corrected chi connectivity index (χ2v) is 6.81. The van der Waals surface area contributed by atoms with Crippen LogP contribution in [0.1, 0.15) is 32.4 Å². The summed E-state index contributed by atoms with van der Waals surface area (Å²) in [4.78, 5) is 12.1. The summed E-state index contributed by atoms with van der Waals surface area (Å²) in [6.07, 6.45) is 0. The normalized spacial score (nSPS) is 18.6. The van der Waals surface area contributed by atoms with Gasteiger partial charge in [-0.05, 0) is 30.5 Å². The summed E-state index contributed by atoms with van der Waals surface area (Å²) < 4.78 is 5.66. The standard InChI is InChI=1S/C16H24N2O2S.ClH/c1-11(2)8-20-14-6-4-13(5-7-14)12(3)18-16(19)15-9-21-10-17-15;/h4-7,11-12,15,17H,8-10H2,1-3H3,(H,18,19);1H. The van der Waals surface area contributed by atoms with Gasteiger partial charge in [-0.15, -0.1) is 24.2 Å². The monoisotopic (exact) mass is 344 g/mol. The molecule has 2 unspecified atom stereocenters. The first-order chi connectivity index (χ1) is 10.1. The van der Waals surface area contributed by atoms with Gasteiger partial charge in [0.2, 0.25) is 5.91 Å². The fourth-order valence-electron chi connectivity index (χ4n) is 2.08. The summed E-state index contributed by atoms with van der Waals surface area (Å²) in [6.45, 7) is 6.98. The highest BCUT2D eigenvalue weighted by Crippen LogP contribution is 2.19. The van der Waals surface area contributed by atoms with E-state index in [-0.39, 0.29) is 30.4 Å². The molecule has 1 heterocycles. The highest BCUT2D eigenvalue weighted by atomic mass is 35.5. The molecule has 0 saturated carbocycles. The first-order valence-electron chi connectivity index (χ1n) is 7.40. The highest BCUT2D eigenvalue weighted by molar-refractivity contribution is 7.99. The summed E-state index contributed by atoms with van der Waals surface area (Å²) >= 11 is 1.75. The maximum atomic E-state index is 12.1. The Morgan fingerprint density at radius 3 is 2.59 bits per heavy atom. The molecule has 1 aliphatic heterocycles. The Labute approximate surface area is 143 Å². The molecular formula is C16H25ClN2O2S. The third-order valence-corrected chi connectivity index (χ3v) is 4.29. The van der Waals surface area contributed by atoms with E-state index in [9.17, 15) is 4.79 Å². The first-order valence-corrected chi connectivity index (χ1v) is 8.56. The number of carbonyl (C=O) groups is 1. The average molecular weight is 345 g/mol. The molecule has 0 aromatic heterocycles. The minimum atomic E-state index is -0.0638. The minimum Gasteiger partial charge on any atom is -0.493 e. The molecule has 2 N–H and O–H groups in total. The van der Waals surface area contributed by atoms with Crippen molar-refractivity contribution in [3.63, 3.8) is 0 Å². The van der Waals surface area contributed by atoms with Crippen molar-refractivity contribution in [1.82, 2.24) is 10.6 Å². The van der Waals surface area contributed by atoms with Crippen molar-refractivity contribution in [3.05, 3.63) is 29.8 Å². The zero-order valence-electron chi connectivity index (χ0n) is 13.3. The number of benzene rings is 1. The second kappa shape index (κ2) is 9.28. The number of carbonyl (C=O) groups excluding carboxylic acids is 1. The molecule has 2 atom stereocenters. The van der Waals surface area contributed by atoms with E-state index in [0.717, 1.165) is 29.5 Å². The Kier molecular flexibility index (Phi) is 8.07. The lowest BCUT2D eigenvalue weighted by molar-refractivity contribution is -0.123. The number of hydrogen-bond acceptors (Lipinski definition) is 4. The number of thioether (sulfide) groups is 1. The van der Waals surface area contributed by atoms with Crippen LogP contribution in [-0.2, 0) is 4.79 Å². The van der Waals surface area contributed by atoms with Crippen molar-refractivity contribution in [1.29, 1.82) is 0 Å². The van der Waals surface area contributed by atoms with Gasteiger partial charge in [-0.2, -0.15) is 0 Å². The van der Waals surface area contributed by atoms with Gasteiger partial charge in [0.05, 0.1) is 18.7 Å². The molecule has 1 amide bonds. The summed E-state index contributed by atoms with van der Waals surface area (Å²) in [6, 6.07) is 7.89. The van der Waals surface area contributed by atoms with Crippen LogP contribution < -0.4 is 15.4 Å². The minimum absolute atomic E-state index is 0. The molecule has 0 spiro atoms. The largest absolute Gasteiger partial charge is 0.493 e. The van der Waals surface area contributed by atoms with Crippen LogP contribution >= 0.6 is 24.2 Å². The van der Waals surface area contributed by atoms with Gasteiger partial charge in [0.15, 0.2) is 0 Å². The van der Waals surface area contributed by atoms with Gasteiger partial charge in [-0.25, -0.2) is 0 Å². The van der Waals surface area contributed by atoms with Gasteiger partial charge in [-0.3, -0.25) is 10.1 Å². The van der Waals surface area contributed by atoms with Crippen LogP contribution in [-0.4, -0.2) is 30.2 Å². The van der Waals surface area contributed by atoms with Crippen molar-refractivity contribution in [2.75, 3.05) is 18.2 Å². The van der Waals surface area contributed by atoms with Crippen LogP contribution in [0.2, 0.25) is 0 Å². The summed E-state index contributed by atoms with van der Waals surface area (Å²) in [5, 5.41) is 6.23. The van der Waals surface area contributed by atoms with Crippen molar-refractivity contribution in [2.45, 2.75) is 32.9 Å². The van der Waals surface area contributed by atoms with E-state index in [4.69, 9.17) is 4.74 Å². The second-order valence-electron chi connectivity index (χ2n) is 5.78. The van der Waals surface area contributed by atoms with E-state index < -0.39 is 0 Å². The Morgan fingerprint density at radius 2 is 2.05 bits per heavy atom. The number of nitrogens with one attached hydrogen (secondary N) is 2. The zero-order chi connectivity index (χ0) is 15.2. The van der Waals surface area contributed by atoms with Gasteiger partial charge in [-0.1, -0.05) is 26.0 Å². The maximum absolute atomic E-state index is 12.1. The Bertz CT molecular complexity index is 462. The lowest BCUT2D eigenvalue weighted by Gasteiger charge is -2.18. The molecule has 1 saturated heterocycles. The molecule has 124 valence electrons. The van der Waals surface area contributed by atoms with Crippen LogP contribution in [0.15, 0.2) is 24.3 Å². The number of amides is 1. The molecule has 0 radical (unpaired) electrons. The van der Waals surface area contributed by atoms with Crippen LogP contribution in [0.5, 0.6) is 5.75 Å². The SMILES string of the molecule is CC(C)COc1ccc(C(C)NC(=O)C2CSCN2)cc1.Cl. The third-order valence-electron chi connectivity index (χ3n) is 3.36. The summed E-state index contributed by atoms with van der Waals surface area (Å²) in [5.41, 5.74) is 1.09. The quantitative estimate of drug-likeness (QED) is 0.833. The Morgan fingerprint density at radius 1 is 1.36 bits per heavy atom. The van der Waals surface area contributed by atoms with Crippen LogP contribution in [0.3, 0.4) is 0 Å². The number of halogens is 1. The molecule has 4 nitrogen and oxygen atoms in total. The molecule has 22 heavy (non-hydrogen) atoms. The van der Waals surface area contributed by atoms with Crippen molar-refractivity contribution >= 4 is 30.1 Å². The number of ether oxygens (including phenoxy) is 1. The molecule has 1 aromatic carbocycles. The van der Waals surface area contributed by atoms with E-state index in [1.165, 1.54) is 0 Å². The van der Waals surface area contributed by atoms with Crippen molar-refractivity contribution in [3.8, 4) is 5.75 Å². The van der Waals surface area contributed by atoms with Crippen molar-refractivity contribution in [2.24, 2.45) is 5.92 Å². The predicted molar refractivity (Wildman–Crippen MR) is 94.8 cm³/mol. The smallest absolute Gasteiger partial charge is 0.238 e. The average Bonchev–Trinajstić information content (AvgIpc) is 3.00. The molecular weight excluding hydrogens is 320 g/mol. The third kappa shape index (κ3) is 5.71. The lowest BCUT2D eigenvalue weighted by atomic mass is 10.1. The van der Waals surface area contributed by atoms with E-state index in [1.54, 1.807) is 11.8 Å². The van der Waals surface area contributed by atoms with Crippen LogP contribution in [0.4, 0.5) is 0 Å². The van der Waals surface area contributed by atoms with Gasteiger partial charge in [0, 0.05) is 11.6 Å². The van der Waals surface area contributed by atoms with Crippen LogP contribution in [0.25, 0.3) is 0 Å².